The molecule has 874 valence electrons. The van der Waals surface area contributed by atoms with Crippen molar-refractivity contribution >= 4 is 0 Å². The lowest BCUT2D eigenvalue weighted by Gasteiger charge is -2.20. The molecule has 0 radical (unpaired) electrons. The molecule has 4 unspecified atom stereocenters. The highest BCUT2D eigenvalue weighted by atomic mass is 16.3. The fraction of sp³-hybridized carbons (Fsp3) is 0.724. The number of aliphatic hydroxyl groups excluding tert-OH is 4. The highest BCUT2D eigenvalue weighted by Gasteiger charge is 2.20. The van der Waals surface area contributed by atoms with Gasteiger partial charge >= 0.3 is 0 Å². The van der Waals surface area contributed by atoms with Gasteiger partial charge < -0.3 is 20.4 Å². The molecule has 0 aromatic rings. The minimum Gasteiger partial charge on any atom is -0.389 e. The molecule has 4 nitrogen and oxygen atoms in total. The van der Waals surface area contributed by atoms with Crippen LogP contribution in [0.5, 0.6) is 0 Å². The Morgan fingerprint density at radius 2 is 0.336 bits per heavy atom. The van der Waals surface area contributed by atoms with Gasteiger partial charge in [0.25, 0.3) is 0 Å². The summed E-state index contributed by atoms with van der Waals surface area (Å²) in [5, 5.41) is 39.7. The molecule has 0 amide bonds. The Balaban J connectivity index is -0.000000180. The molecular weight excluding hydrogens is 1810 g/mol. The molecule has 4 heteroatoms. The van der Waals surface area contributed by atoms with Crippen LogP contribution in [0.25, 0.3) is 0 Å². The quantitative estimate of drug-likeness (QED) is 0.0458. The van der Waals surface area contributed by atoms with Gasteiger partial charge in [-0.05, 0) is 444 Å². The average molecular weight is 2080 g/mol. The van der Waals surface area contributed by atoms with Gasteiger partial charge in [-0.15, -0.1) is 0 Å². The molecule has 0 aliphatic rings. The summed E-state index contributed by atoms with van der Waals surface area (Å²) in [6, 6.07) is 0. The predicted molar refractivity (Wildman–Crippen MR) is 694 cm³/mol. The maximum absolute atomic E-state index is 9.95. The van der Waals surface area contributed by atoms with Gasteiger partial charge in [0.2, 0.25) is 0 Å². The molecule has 0 saturated heterocycles. The average Bonchev–Trinajstić information content (AvgIpc) is 0.941. The Kier molecular flexibility index (Phi) is 112. The van der Waals surface area contributed by atoms with Crippen LogP contribution in [0.15, 0.2) is 238 Å². The van der Waals surface area contributed by atoms with Crippen LogP contribution in [0.1, 0.15) is 609 Å². The Bertz CT molecular complexity index is 3490. The van der Waals surface area contributed by atoms with Gasteiger partial charge in [0.05, 0.1) is 24.4 Å². The summed E-state index contributed by atoms with van der Waals surface area (Å²) in [7, 11) is 0. The molecular formula is C145H270O4. The van der Waals surface area contributed by atoms with Crippen molar-refractivity contribution in [1.82, 2.24) is 0 Å². The second kappa shape index (κ2) is 102. The van der Waals surface area contributed by atoms with Crippen LogP contribution in [-0.2, 0) is 0 Å². The van der Waals surface area contributed by atoms with Gasteiger partial charge in [-0.25, -0.2) is 0 Å². The molecule has 0 spiro atoms. The van der Waals surface area contributed by atoms with Crippen LogP contribution in [0.2, 0.25) is 0 Å². The molecule has 0 rings (SSSR count). The highest BCUT2D eigenvalue weighted by Crippen LogP contribution is 2.32. The lowest BCUT2D eigenvalue weighted by Crippen LogP contribution is -2.13. The summed E-state index contributed by atoms with van der Waals surface area (Å²) in [6.45, 7) is 111. The van der Waals surface area contributed by atoms with Crippen molar-refractivity contribution in [1.29, 1.82) is 0 Å². The molecule has 0 aromatic heterocycles. The minimum atomic E-state index is -0.269. The van der Waals surface area contributed by atoms with Crippen molar-refractivity contribution in [3.05, 3.63) is 238 Å². The maximum atomic E-state index is 9.95. The van der Waals surface area contributed by atoms with E-state index in [1.165, 1.54) is 145 Å². The molecule has 0 heterocycles. The third-order valence-corrected chi connectivity index (χ3v) is 24.9. The molecule has 0 aliphatic heterocycles. The van der Waals surface area contributed by atoms with Crippen molar-refractivity contribution < 1.29 is 20.4 Å². The van der Waals surface area contributed by atoms with Gasteiger partial charge in [-0.3, -0.25) is 0 Å². The van der Waals surface area contributed by atoms with Gasteiger partial charge in [0, 0.05) is 0 Å². The number of aliphatic hydroxyl groups is 4. The lowest BCUT2D eigenvalue weighted by molar-refractivity contribution is 0.177. The normalized spacial score (nSPS) is 14.7. The first-order chi connectivity index (χ1) is 68.7. The summed E-state index contributed by atoms with van der Waals surface area (Å²) in [5.74, 6) is 0. The number of hydrogen-bond acceptors (Lipinski definition) is 4. The molecule has 0 aliphatic carbocycles. The Labute approximate surface area is 940 Å². The number of hydrogen-bond donors (Lipinski definition) is 4. The summed E-state index contributed by atoms with van der Waals surface area (Å²) in [4.78, 5) is 0. The van der Waals surface area contributed by atoms with E-state index in [0.717, 1.165) is 157 Å². The van der Waals surface area contributed by atoms with Gasteiger partial charge in [-0.1, -0.05) is 458 Å². The van der Waals surface area contributed by atoms with Crippen LogP contribution < -0.4 is 0 Å². The first-order valence-electron chi connectivity index (χ1n) is 60.3. The van der Waals surface area contributed by atoms with Crippen molar-refractivity contribution in [2.24, 2.45) is 54.1 Å². The maximum Gasteiger partial charge on any atom is 0.0747 e. The zero-order valence-electron chi connectivity index (χ0n) is 110. The second-order valence-corrected chi connectivity index (χ2v) is 54.6. The monoisotopic (exact) mass is 2080 g/mol. The van der Waals surface area contributed by atoms with Gasteiger partial charge in [-0.2, -0.15) is 0 Å². The van der Waals surface area contributed by atoms with E-state index in [0.29, 0.717) is 54.1 Å². The van der Waals surface area contributed by atoms with E-state index in [-0.39, 0.29) is 24.4 Å². The smallest absolute Gasteiger partial charge is 0.0747 e. The van der Waals surface area contributed by atoms with Crippen molar-refractivity contribution in [2.45, 2.75) is 634 Å². The Hall–Kier alpha value is -5.36. The Morgan fingerprint density at radius 1 is 0.174 bits per heavy atom. The fourth-order valence-electron chi connectivity index (χ4n) is 14.2. The van der Waals surface area contributed by atoms with Crippen LogP contribution in [-0.4, -0.2) is 44.8 Å². The molecule has 4 atom stereocenters. The topological polar surface area (TPSA) is 80.9 Å². The molecule has 0 bridgehead atoms. The lowest BCUT2D eigenvalue weighted by atomic mass is 9.88. The Morgan fingerprint density at radius 3 is 0.517 bits per heavy atom. The zero-order valence-corrected chi connectivity index (χ0v) is 110. The van der Waals surface area contributed by atoms with E-state index in [1.807, 2.05) is 53.7 Å². The molecule has 0 saturated carbocycles. The first-order valence-corrected chi connectivity index (χ1v) is 60.3. The minimum absolute atomic E-state index is 0.269. The van der Waals surface area contributed by atoms with Crippen molar-refractivity contribution in [3.8, 4) is 0 Å². The highest BCUT2D eigenvalue weighted by molar-refractivity contribution is 5.13. The van der Waals surface area contributed by atoms with E-state index < -0.39 is 0 Å². The summed E-state index contributed by atoms with van der Waals surface area (Å²) >= 11 is 0. The second-order valence-electron chi connectivity index (χ2n) is 54.6. The predicted octanol–water partition coefficient (Wildman–Crippen LogP) is 49.0. The van der Waals surface area contributed by atoms with E-state index in [4.69, 9.17) is 0 Å². The van der Waals surface area contributed by atoms with Crippen LogP contribution >= 0.6 is 0 Å². The van der Waals surface area contributed by atoms with Crippen LogP contribution in [0.3, 0.4) is 0 Å². The van der Waals surface area contributed by atoms with E-state index in [1.54, 1.807) is 16.7 Å². The molecule has 4 N–H and O–H groups in total. The summed E-state index contributed by atoms with van der Waals surface area (Å²) in [5.41, 5.74) is 17.8. The number of rotatable bonds is 55. The number of allylic oxidation sites excluding steroid dienone is 36. The summed E-state index contributed by atoms with van der Waals surface area (Å²) < 4.78 is 0. The standard InChI is InChI=1S/2C15H28O.3C15H28.2C14H26O.3C14H26/c2*1-6-7-8-9-10-13(2)14(16)11-12-15(3,4)5;3*1-6-7-8-9-11-14(2)12-10-13-15(3,4)5;2*1-6-7-8-9-12(2)13(15)10-11-14(3,4)5;3*1-6-7-8-10-13(2)11-9-12-14(3,4)5/h2*7-8,10,14,16H,6,9,11-12H2,1-5H3;7-8,12H,6,9-11,13H2,1-5H3;2*7-8,11H,6,9-10,12-13H2,1-5H3;2*6-7,9,13,15H,8,10-11H2,1-5H3;6-7,11H,8-10,12H2,1-5H3;2*6-7,10H,8-9,11-12H2,1-5H3/b8-7+,13-10+;8-7+,13-10-;8-7+,14-12+;8-7+,14-11+;8-7+,14-11-;7-6+,12-9+;7-6+,12-9-;7-6+,13-11+;7-6+,13-10+;7-6+,13-10-. The zero-order chi connectivity index (χ0) is 117. The fourth-order valence-corrected chi connectivity index (χ4v) is 14.2. The first kappa shape index (κ1) is 164. The largest absolute Gasteiger partial charge is 0.389 e. The SMILES string of the molecule is C/C=C/C/C=C(/C)C(O)CCC(C)(C)C.C/C=C/C/C=C(/C)CCCC(C)(C)C.C/C=C/C/C=C(\C)C(O)CCC(C)(C)C.C/C=C/C/C=C(\C)CCCC(C)(C)C.C/C=C/CC/C(C)=C/CCC(C)(C)C.CC/C=C/C/C=C(/C)C(O)CCC(C)(C)C.CC/C=C/C/C=C(/C)CCCC(C)(C)C.CC/C=C/C/C=C(\C)C(O)CCC(C)(C)C.CC/C=C/C/C=C(\C)CCCC(C)(C)C.CC/C=C/CC/C(C)=C/CCC(C)(C)C. The van der Waals surface area contributed by atoms with Crippen LogP contribution in [0, 0.1) is 54.1 Å². The third kappa shape index (κ3) is 163. The van der Waals surface area contributed by atoms with E-state index in [9.17, 15) is 20.4 Å². The van der Waals surface area contributed by atoms with E-state index in [2.05, 4.69) is 475 Å². The molecule has 149 heavy (non-hydrogen) atoms. The van der Waals surface area contributed by atoms with Gasteiger partial charge in [0.1, 0.15) is 0 Å². The van der Waals surface area contributed by atoms with Crippen molar-refractivity contribution in [2.75, 3.05) is 0 Å². The van der Waals surface area contributed by atoms with E-state index >= 15 is 0 Å². The van der Waals surface area contributed by atoms with Crippen molar-refractivity contribution in [3.63, 3.8) is 0 Å². The van der Waals surface area contributed by atoms with Gasteiger partial charge in [0.15, 0.2) is 0 Å². The van der Waals surface area contributed by atoms with Crippen LogP contribution in [0.4, 0.5) is 0 Å². The third-order valence-electron chi connectivity index (χ3n) is 24.9. The summed E-state index contributed by atoms with van der Waals surface area (Å²) in [6.07, 6.45) is 112. The molecule has 0 aromatic carbocycles. The molecule has 0 fully saturated rings.